The van der Waals surface area contributed by atoms with Crippen LogP contribution < -0.4 is 15.4 Å². The molecule has 0 aliphatic heterocycles. The summed E-state index contributed by atoms with van der Waals surface area (Å²) < 4.78 is 10.2. The van der Waals surface area contributed by atoms with Gasteiger partial charge in [-0.3, -0.25) is 9.59 Å². The second-order valence-electron chi connectivity index (χ2n) is 8.60. The lowest BCUT2D eigenvalue weighted by Crippen LogP contribution is -2.17. The van der Waals surface area contributed by atoms with Crippen molar-refractivity contribution in [3.63, 3.8) is 0 Å². The van der Waals surface area contributed by atoms with E-state index in [1.807, 2.05) is 18.2 Å². The minimum atomic E-state index is -0.413. The number of carbonyl (C=O) groups excluding carboxylic acids is 3. The van der Waals surface area contributed by atoms with E-state index in [1.54, 1.807) is 37.4 Å². The summed E-state index contributed by atoms with van der Waals surface area (Å²) in [6.07, 6.45) is 2.74. The first-order chi connectivity index (χ1) is 17.4. The normalized spacial score (nSPS) is 14.5. The number of amides is 2. The quantitative estimate of drug-likeness (QED) is 0.292. The van der Waals surface area contributed by atoms with Gasteiger partial charge in [-0.2, -0.15) is 0 Å². The van der Waals surface area contributed by atoms with Crippen LogP contribution >= 0.6 is 23.1 Å². The third-order valence-corrected chi connectivity index (χ3v) is 8.11. The molecule has 0 radical (unpaired) electrons. The van der Waals surface area contributed by atoms with E-state index < -0.39 is 5.97 Å². The van der Waals surface area contributed by atoms with Gasteiger partial charge in [-0.25, -0.2) is 4.79 Å². The number of anilines is 2. The number of thiophene rings is 1. The summed E-state index contributed by atoms with van der Waals surface area (Å²) in [6.45, 7) is 2.20. The molecule has 1 atom stereocenters. The van der Waals surface area contributed by atoms with Gasteiger partial charge in [0.25, 0.3) is 5.91 Å². The van der Waals surface area contributed by atoms with E-state index in [2.05, 4.69) is 17.6 Å². The average Bonchev–Trinajstić information content (AvgIpc) is 3.23. The Kier molecular flexibility index (Phi) is 8.32. The molecule has 0 saturated heterocycles. The van der Waals surface area contributed by atoms with Crippen molar-refractivity contribution in [2.45, 2.75) is 31.1 Å². The number of nitrogens with one attached hydrogen (secondary N) is 2. The fraction of sp³-hybridized carbons (Fsp3) is 0.296. The van der Waals surface area contributed by atoms with Gasteiger partial charge in [0.1, 0.15) is 10.8 Å². The summed E-state index contributed by atoms with van der Waals surface area (Å²) in [5, 5.41) is 6.36. The van der Waals surface area contributed by atoms with Crippen LogP contribution in [-0.4, -0.2) is 37.8 Å². The van der Waals surface area contributed by atoms with Gasteiger partial charge in [-0.15, -0.1) is 23.1 Å². The molecule has 1 heterocycles. The van der Waals surface area contributed by atoms with E-state index in [0.717, 1.165) is 34.6 Å². The predicted octanol–water partition coefficient (Wildman–Crippen LogP) is 5.65. The van der Waals surface area contributed by atoms with Crippen LogP contribution in [0.2, 0.25) is 0 Å². The van der Waals surface area contributed by atoms with Crippen molar-refractivity contribution in [2.75, 3.05) is 30.6 Å². The van der Waals surface area contributed by atoms with Gasteiger partial charge in [0, 0.05) is 21.0 Å². The Morgan fingerprint density at radius 1 is 1.08 bits per heavy atom. The maximum absolute atomic E-state index is 12.8. The summed E-state index contributed by atoms with van der Waals surface area (Å²) in [5.74, 6) is 0.450. The Labute approximate surface area is 218 Å². The third-order valence-electron chi connectivity index (χ3n) is 5.95. The van der Waals surface area contributed by atoms with Crippen LogP contribution in [0, 0.1) is 5.92 Å². The first-order valence-electron chi connectivity index (χ1n) is 11.6. The number of hydrogen-bond donors (Lipinski definition) is 2. The van der Waals surface area contributed by atoms with Crippen molar-refractivity contribution >= 4 is 51.6 Å². The molecule has 1 aliphatic carbocycles. The number of hydrogen-bond acceptors (Lipinski definition) is 7. The van der Waals surface area contributed by atoms with Crippen LogP contribution in [0.4, 0.5) is 10.7 Å². The first-order valence-corrected chi connectivity index (χ1v) is 13.4. The second-order valence-corrected chi connectivity index (χ2v) is 10.8. The van der Waals surface area contributed by atoms with E-state index >= 15 is 0 Å². The van der Waals surface area contributed by atoms with Crippen LogP contribution in [0.1, 0.15) is 44.5 Å². The maximum atomic E-state index is 12.8. The Hall–Kier alpha value is -3.30. The zero-order chi connectivity index (χ0) is 25.7. The third kappa shape index (κ3) is 6.09. The molecule has 0 bridgehead atoms. The summed E-state index contributed by atoms with van der Waals surface area (Å²) in [6, 6.07) is 14.2. The van der Waals surface area contributed by atoms with Crippen molar-refractivity contribution in [1.29, 1.82) is 0 Å². The van der Waals surface area contributed by atoms with Crippen molar-refractivity contribution in [3.8, 4) is 5.75 Å². The predicted molar refractivity (Wildman–Crippen MR) is 144 cm³/mol. The molecule has 2 N–H and O–H groups in total. The standard InChI is InChI=1S/C27H28N2O5S2/c1-16-10-11-21-22(12-16)36-26(24(21)27(32)34-3)29-23(30)15-35-20-9-5-7-18(14-20)28-25(31)17-6-4-8-19(13-17)33-2/h4-9,13-14,16H,10-12,15H2,1-3H3,(H,28,31)(H,29,30). The van der Waals surface area contributed by atoms with Gasteiger partial charge in [0.05, 0.1) is 25.5 Å². The van der Waals surface area contributed by atoms with E-state index in [0.29, 0.717) is 33.5 Å². The summed E-state index contributed by atoms with van der Waals surface area (Å²) in [5.41, 5.74) is 2.61. The lowest BCUT2D eigenvalue weighted by Gasteiger charge is -2.18. The van der Waals surface area contributed by atoms with Gasteiger partial charge >= 0.3 is 5.97 Å². The van der Waals surface area contributed by atoms with Crippen LogP contribution in [0.25, 0.3) is 0 Å². The molecule has 1 aromatic heterocycles. The largest absolute Gasteiger partial charge is 0.497 e. The van der Waals surface area contributed by atoms with Crippen LogP contribution in [0.5, 0.6) is 5.75 Å². The molecule has 2 aromatic carbocycles. The molecule has 4 rings (SSSR count). The van der Waals surface area contributed by atoms with E-state index in [4.69, 9.17) is 9.47 Å². The fourth-order valence-corrected chi connectivity index (χ4v) is 6.27. The van der Waals surface area contributed by atoms with Gasteiger partial charge < -0.3 is 20.1 Å². The average molecular weight is 525 g/mol. The van der Waals surface area contributed by atoms with Gasteiger partial charge in [-0.05, 0) is 67.1 Å². The van der Waals surface area contributed by atoms with Crippen molar-refractivity contribution in [2.24, 2.45) is 5.92 Å². The highest BCUT2D eigenvalue weighted by Crippen LogP contribution is 2.40. The SMILES string of the molecule is COC(=O)c1c(NC(=O)CSc2cccc(NC(=O)c3cccc(OC)c3)c2)sc2c1CCC(C)C2. The Morgan fingerprint density at radius 3 is 2.67 bits per heavy atom. The molecule has 0 fully saturated rings. The van der Waals surface area contributed by atoms with Gasteiger partial charge in [-0.1, -0.05) is 19.1 Å². The van der Waals surface area contributed by atoms with Gasteiger partial charge in [0.15, 0.2) is 0 Å². The topological polar surface area (TPSA) is 93.7 Å². The lowest BCUT2D eigenvalue weighted by atomic mass is 9.88. The minimum absolute atomic E-state index is 0.160. The molecule has 0 spiro atoms. The van der Waals surface area contributed by atoms with Crippen LogP contribution in [-0.2, 0) is 22.4 Å². The molecule has 0 saturated carbocycles. The smallest absolute Gasteiger partial charge is 0.341 e. The number of methoxy groups -OCH3 is 2. The lowest BCUT2D eigenvalue weighted by molar-refractivity contribution is -0.113. The highest BCUT2D eigenvalue weighted by Gasteiger charge is 2.28. The zero-order valence-corrected chi connectivity index (χ0v) is 22.0. The van der Waals surface area contributed by atoms with Crippen molar-refractivity contribution in [1.82, 2.24) is 0 Å². The maximum Gasteiger partial charge on any atom is 0.341 e. The van der Waals surface area contributed by atoms with E-state index in [-0.39, 0.29) is 17.6 Å². The number of carbonyl (C=O) groups is 3. The van der Waals surface area contributed by atoms with E-state index in [9.17, 15) is 14.4 Å². The fourth-order valence-electron chi connectivity index (χ4n) is 4.10. The summed E-state index contributed by atoms with van der Waals surface area (Å²) in [7, 11) is 2.91. The molecule has 3 aromatic rings. The molecule has 9 heteroatoms. The Morgan fingerprint density at radius 2 is 1.89 bits per heavy atom. The Balaban J connectivity index is 1.39. The molecule has 36 heavy (non-hydrogen) atoms. The number of fused-ring (bicyclic) bond motifs is 1. The zero-order valence-electron chi connectivity index (χ0n) is 20.4. The highest BCUT2D eigenvalue weighted by molar-refractivity contribution is 8.00. The minimum Gasteiger partial charge on any atom is -0.497 e. The number of rotatable bonds is 8. The number of ether oxygens (including phenoxy) is 2. The monoisotopic (exact) mass is 524 g/mol. The molecular weight excluding hydrogens is 496 g/mol. The second kappa shape index (κ2) is 11.6. The highest BCUT2D eigenvalue weighted by atomic mass is 32.2. The summed E-state index contributed by atoms with van der Waals surface area (Å²) >= 11 is 2.82. The molecule has 1 aliphatic rings. The molecule has 2 amide bonds. The Bertz CT molecular complexity index is 1290. The van der Waals surface area contributed by atoms with Crippen LogP contribution in [0.15, 0.2) is 53.4 Å². The molecular formula is C27H28N2O5S2. The first kappa shape index (κ1) is 25.8. The molecule has 188 valence electrons. The number of esters is 1. The van der Waals surface area contributed by atoms with E-state index in [1.165, 1.54) is 30.2 Å². The summed E-state index contributed by atoms with van der Waals surface area (Å²) in [4.78, 5) is 39.8. The van der Waals surface area contributed by atoms with Crippen molar-refractivity contribution < 1.29 is 23.9 Å². The number of thioether (sulfide) groups is 1. The number of benzene rings is 2. The van der Waals surface area contributed by atoms with Crippen LogP contribution in [0.3, 0.4) is 0 Å². The molecule has 7 nitrogen and oxygen atoms in total. The van der Waals surface area contributed by atoms with Crippen molar-refractivity contribution in [3.05, 3.63) is 70.1 Å². The molecule has 1 unspecified atom stereocenters. The van der Waals surface area contributed by atoms with Gasteiger partial charge in [0.2, 0.25) is 5.91 Å².